The van der Waals surface area contributed by atoms with Gasteiger partial charge in [-0.15, -0.1) is 0 Å². The molecule has 0 saturated carbocycles. The molecule has 4 nitrogen and oxygen atoms in total. The quantitative estimate of drug-likeness (QED) is 0.538. The molecule has 0 radical (unpaired) electrons. The fourth-order valence-corrected chi connectivity index (χ4v) is 0.958. The normalized spacial score (nSPS) is 8.78. The Morgan fingerprint density at radius 3 is 2.44 bits per heavy atom. The molecule has 0 bridgehead atoms. The summed E-state index contributed by atoms with van der Waals surface area (Å²) < 4.78 is 3.66. The zero-order valence-electron chi connectivity index (χ0n) is 4.46. The summed E-state index contributed by atoms with van der Waals surface area (Å²) in [6.45, 7) is 0. The van der Waals surface area contributed by atoms with Crippen molar-refractivity contribution >= 4 is 22.4 Å². The maximum Gasteiger partial charge on any atom is 0.157 e. The van der Waals surface area contributed by atoms with E-state index in [0.29, 0.717) is 10.6 Å². The lowest BCUT2D eigenvalue weighted by atomic mass is 10.3. The van der Waals surface area contributed by atoms with Crippen LogP contribution in [-0.4, -0.2) is 4.37 Å². The van der Waals surface area contributed by atoms with Crippen LogP contribution in [0.5, 0.6) is 0 Å². The smallest absolute Gasteiger partial charge is 0.157 e. The molecule has 4 N–H and O–H groups in total. The highest BCUT2D eigenvalue weighted by Gasteiger charge is 2.05. The van der Waals surface area contributed by atoms with Crippen LogP contribution in [-0.2, 0) is 0 Å². The highest BCUT2D eigenvalue weighted by molar-refractivity contribution is 7.10. The number of anilines is 2. The van der Waals surface area contributed by atoms with E-state index in [9.17, 15) is 0 Å². The Kier molecular flexibility index (Phi) is 1.24. The lowest BCUT2D eigenvalue weighted by molar-refractivity contribution is 1.47. The van der Waals surface area contributed by atoms with Crippen molar-refractivity contribution in [1.82, 2.24) is 4.37 Å². The summed E-state index contributed by atoms with van der Waals surface area (Å²) in [5, 5.41) is 8.73. The Morgan fingerprint density at radius 2 is 2.22 bits per heavy atom. The Balaban J connectivity index is 3.27. The third kappa shape index (κ3) is 0.795. The number of hydrogen-bond donors (Lipinski definition) is 2. The summed E-state index contributed by atoms with van der Waals surface area (Å²) in [6.07, 6.45) is 0. The fourth-order valence-electron chi connectivity index (χ4n) is 0.428. The first-order chi connectivity index (χ1) is 4.25. The van der Waals surface area contributed by atoms with Gasteiger partial charge in [0.15, 0.2) is 5.82 Å². The van der Waals surface area contributed by atoms with E-state index in [0.717, 1.165) is 11.5 Å². The topological polar surface area (TPSA) is 88.7 Å². The third-order valence-corrected chi connectivity index (χ3v) is 1.55. The zero-order valence-corrected chi connectivity index (χ0v) is 5.27. The molecule has 0 atom stereocenters. The Labute approximate surface area is 55.9 Å². The van der Waals surface area contributed by atoms with Gasteiger partial charge in [-0.1, -0.05) is 0 Å². The maximum atomic E-state index is 8.34. The van der Waals surface area contributed by atoms with E-state index in [1.54, 1.807) is 0 Å². The predicted octanol–water partition coefficient (Wildman–Crippen LogP) is 0.179. The van der Waals surface area contributed by atoms with E-state index in [4.69, 9.17) is 16.7 Å². The number of nitrogen functional groups attached to an aromatic ring is 2. The summed E-state index contributed by atoms with van der Waals surface area (Å²) in [5.41, 5.74) is 10.8. The number of nitrogens with two attached hydrogens (primary N) is 2. The van der Waals surface area contributed by atoms with Crippen LogP contribution in [0, 0.1) is 11.3 Å². The summed E-state index contributed by atoms with van der Waals surface area (Å²) in [4.78, 5) is 0. The summed E-state index contributed by atoms with van der Waals surface area (Å²) >= 11 is 1.04. The van der Waals surface area contributed by atoms with Crippen LogP contribution in [0.2, 0.25) is 0 Å². The molecule has 5 heteroatoms. The first-order valence-corrected chi connectivity index (χ1v) is 2.93. The van der Waals surface area contributed by atoms with Crippen molar-refractivity contribution in [3.63, 3.8) is 0 Å². The number of aromatic nitrogens is 1. The predicted molar refractivity (Wildman–Crippen MR) is 35.7 cm³/mol. The van der Waals surface area contributed by atoms with Gasteiger partial charge >= 0.3 is 0 Å². The highest BCUT2D eigenvalue weighted by atomic mass is 32.1. The van der Waals surface area contributed by atoms with Crippen molar-refractivity contribution in [2.75, 3.05) is 11.5 Å². The van der Waals surface area contributed by atoms with Crippen LogP contribution in [0.25, 0.3) is 0 Å². The van der Waals surface area contributed by atoms with Crippen molar-refractivity contribution in [3.05, 3.63) is 5.56 Å². The Hall–Kier alpha value is -1.28. The van der Waals surface area contributed by atoms with Crippen LogP contribution in [0.4, 0.5) is 10.8 Å². The van der Waals surface area contributed by atoms with Crippen LogP contribution >= 0.6 is 11.5 Å². The molecule has 9 heavy (non-hydrogen) atoms. The molecule has 1 aromatic heterocycles. The SMILES string of the molecule is N#Cc1c(N)nsc1N. The van der Waals surface area contributed by atoms with Gasteiger partial charge in [0, 0.05) is 0 Å². The Morgan fingerprint density at radius 1 is 1.56 bits per heavy atom. The first kappa shape index (κ1) is 5.85. The largest absolute Gasteiger partial charge is 0.388 e. The standard InChI is InChI=1S/C4H4N4S/c5-1-2-3(6)8-9-4(2)7/h7H2,(H2,6,8). The van der Waals surface area contributed by atoms with Crippen LogP contribution in [0.15, 0.2) is 0 Å². The van der Waals surface area contributed by atoms with Gasteiger partial charge in [0.2, 0.25) is 0 Å². The van der Waals surface area contributed by atoms with Crippen molar-refractivity contribution in [2.24, 2.45) is 0 Å². The summed E-state index contributed by atoms with van der Waals surface area (Å²) in [6, 6.07) is 1.84. The van der Waals surface area contributed by atoms with Gasteiger partial charge in [0.25, 0.3) is 0 Å². The van der Waals surface area contributed by atoms with E-state index in [1.807, 2.05) is 6.07 Å². The van der Waals surface area contributed by atoms with Crippen molar-refractivity contribution in [2.45, 2.75) is 0 Å². The van der Waals surface area contributed by atoms with Crippen molar-refractivity contribution < 1.29 is 0 Å². The van der Waals surface area contributed by atoms with Gasteiger partial charge in [0.1, 0.15) is 16.6 Å². The second-order valence-electron chi connectivity index (χ2n) is 1.42. The molecule has 0 aromatic carbocycles. The van der Waals surface area contributed by atoms with Crippen molar-refractivity contribution in [3.8, 4) is 6.07 Å². The zero-order chi connectivity index (χ0) is 6.85. The number of nitrogens with zero attached hydrogens (tertiary/aromatic N) is 2. The molecule has 0 spiro atoms. The van der Waals surface area contributed by atoms with Gasteiger partial charge < -0.3 is 11.5 Å². The maximum absolute atomic E-state index is 8.34. The van der Waals surface area contributed by atoms with E-state index >= 15 is 0 Å². The molecule has 0 aliphatic rings. The molecule has 0 fully saturated rings. The van der Waals surface area contributed by atoms with Crippen molar-refractivity contribution in [1.29, 1.82) is 5.26 Å². The van der Waals surface area contributed by atoms with Gasteiger partial charge in [-0.25, -0.2) is 0 Å². The molecule has 1 aromatic rings. The summed E-state index contributed by atoms with van der Waals surface area (Å²) in [7, 11) is 0. The molecule has 1 rings (SSSR count). The molecular weight excluding hydrogens is 136 g/mol. The lowest BCUT2D eigenvalue weighted by Gasteiger charge is -1.81. The molecular formula is C4H4N4S. The molecule has 0 aliphatic heterocycles. The van der Waals surface area contributed by atoms with Crippen LogP contribution in [0.3, 0.4) is 0 Å². The number of hydrogen-bond acceptors (Lipinski definition) is 5. The van der Waals surface area contributed by atoms with E-state index < -0.39 is 0 Å². The highest BCUT2D eigenvalue weighted by Crippen LogP contribution is 2.21. The molecule has 46 valence electrons. The Bertz CT molecular complexity index is 239. The monoisotopic (exact) mass is 140 g/mol. The van der Waals surface area contributed by atoms with Gasteiger partial charge in [0.05, 0.1) is 0 Å². The summed E-state index contributed by atoms with van der Waals surface area (Å²) in [5.74, 6) is 0.222. The molecule has 0 unspecified atom stereocenters. The van der Waals surface area contributed by atoms with E-state index in [1.165, 1.54) is 0 Å². The average molecular weight is 140 g/mol. The van der Waals surface area contributed by atoms with Crippen LogP contribution < -0.4 is 11.5 Å². The second kappa shape index (κ2) is 1.91. The van der Waals surface area contributed by atoms with Gasteiger partial charge in [-0.2, -0.15) is 9.64 Å². The molecule has 1 heterocycles. The minimum Gasteiger partial charge on any atom is -0.388 e. The lowest BCUT2D eigenvalue weighted by Crippen LogP contribution is -1.89. The number of nitriles is 1. The van der Waals surface area contributed by atoms with Gasteiger partial charge in [-0.3, -0.25) is 0 Å². The van der Waals surface area contributed by atoms with Gasteiger partial charge in [-0.05, 0) is 11.5 Å². The molecule has 0 saturated heterocycles. The van der Waals surface area contributed by atoms with E-state index in [2.05, 4.69) is 4.37 Å². The fraction of sp³-hybridized carbons (Fsp3) is 0. The molecule has 0 aliphatic carbocycles. The minimum absolute atomic E-state index is 0.222. The average Bonchev–Trinajstić information content (AvgIpc) is 2.12. The first-order valence-electron chi connectivity index (χ1n) is 2.16. The third-order valence-electron chi connectivity index (χ3n) is 0.857. The second-order valence-corrected chi connectivity index (χ2v) is 2.22. The minimum atomic E-state index is 0.222. The molecule has 0 amide bonds. The number of rotatable bonds is 0. The van der Waals surface area contributed by atoms with Crippen LogP contribution in [0.1, 0.15) is 5.56 Å². The van der Waals surface area contributed by atoms with E-state index in [-0.39, 0.29) is 5.82 Å².